The van der Waals surface area contributed by atoms with Crippen LogP contribution >= 0.6 is 0 Å². The largest absolute Gasteiger partial charge is 0.345 e. The molecular formula is C9H16N4. The van der Waals surface area contributed by atoms with Gasteiger partial charge in [0.05, 0.1) is 17.4 Å². The fourth-order valence-electron chi connectivity index (χ4n) is 1.83. The molecule has 72 valence electrons. The van der Waals surface area contributed by atoms with E-state index < -0.39 is 0 Å². The second-order valence-electron chi connectivity index (χ2n) is 3.80. The van der Waals surface area contributed by atoms with E-state index in [4.69, 9.17) is 0 Å². The number of likely N-dealkylation sites (N-methyl/N-ethyl adjacent to an activating group) is 1. The summed E-state index contributed by atoms with van der Waals surface area (Å²) in [7, 11) is 4.18. The lowest BCUT2D eigenvalue weighted by Crippen LogP contribution is -2.35. The number of hydrogen-bond acceptors (Lipinski definition) is 3. The molecule has 2 rings (SSSR count). The fraction of sp³-hybridized carbons (Fsp3) is 0.667. The molecule has 0 aliphatic carbocycles. The van der Waals surface area contributed by atoms with E-state index in [9.17, 15) is 0 Å². The van der Waals surface area contributed by atoms with Gasteiger partial charge in [-0.25, -0.2) is 4.98 Å². The van der Waals surface area contributed by atoms with Gasteiger partial charge in [0, 0.05) is 13.1 Å². The molecule has 1 atom stereocenters. The predicted octanol–water partition coefficient (Wildman–Crippen LogP) is 0.424. The van der Waals surface area contributed by atoms with E-state index in [0.717, 1.165) is 18.9 Å². The Balaban J connectivity index is 2.36. The summed E-state index contributed by atoms with van der Waals surface area (Å²) in [5.41, 5.74) is 2.45. The Hall–Kier alpha value is -0.870. The van der Waals surface area contributed by atoms with Gasteiger partial charge in [-0.1, -0.05) is 0 Å². The van der Waals surface area contributed by atoms with Gasteiger partial charge in [-0.2, -0.15) is 0 Å². The molecule has 0 aromatic carbocycles. The van der Waals surface area contributed by atoms with Crippen LogP contribution in [0.1, 0.15) is 23.3 Å². The number of imidazole rings is 1. The van der Waals surface area contributed by atoms with Gasteiger partial charge in [0.2, 0.25) is 0 Å². The maximum absolute atomic E-state index is 4.52. The van der Waals surface area contributed by atoms with Crippen molar-refractivity contribution in [2.75, 3.05) is 20.6 Å². The molecule has 1 aromatic heterocycles. The van der Waals surface area contributed by atoms with E-state index in [1.165, 1.54) is 11.4 Å². The number of nitrogens with one attached hydrogen (secondary N) is 2. The van der Waals surface area contributed by atoms with Gasteiger partial charge in [-0.3, -0.25) is 4.90 Å². The van der Waals surface area contributed by atoms with Gasteiger partial charge in [-0.05, 0) is 21.0 Å². The first kappa shape index (κ1) is 8.72. The maximum Gasteiger partial charge on any atom is 0.103 e. The molecule has 2 N–H and O–H groups in total. The summed E-state index contributed by atoms with van der Waals surface area (Å²) in [6.45, 7) is 3.91. The van der Waals surface area contributed by atoms with Crippen LogP contribution in [0.2, 0.25) is 0 Å². The second kappa shape index (κ2) is 3.12. The van der Waals surface area contributed by atoms with Gasteiger partial charge in [0.15, 0.2) is 0 Å². The molecule has 0 saturated heterocycles. The number of nitrogens with zero attached hydrogens (tertiary/aromatic N) is 2. The van der Waals surface area contributed by atoms with Crippen molar-refractivity contribution in [1.29, 1.82) is 0 Å². The molecule has 0 saturated carbocycles. The number of fused-ring (bicyclic) bond motifs is 1. The SMILES string of the molecule is Cc1nc2c([nH]1)CNCC2N(C)C. The fourth-order valence-corrected chi connectivity index (χ4v) is 1.83. The van der Waals surface area contributed by atoms with E-state index in [1.54, 1.807) is 0 Å². The summed E-state index contributed by atoms with van der Waals surface area (Å²) in [6, 6.07) is 0.411. The minimum absolute atomic E-state index is 0.411. The number of H-pyrrole nitrogens is 1. The second-order valence-corrected chi connectivity index (χ2v) is 3.80. The van der Waals surface area contributed by atoms with Gasteiger partial charge in [0.25, 0.3) is 0 Å². The summed E-state index contributed by atoms with van der Waals surface area (Å²) in [4.78, 5) is 10.00. The van der Waals surface area contributed by atoms with Gasteiger partial charge >= 0.3 is 0 Å². The topological polar surface area (TPSA) is 44.0 Å². The molecule has 1 unspecified atom stereocenters. The molecule has 0 bridgehead atoms. The first-order valence-corrected chi connectivity index (χ1v) is 4.61. The van der Waals surface area contributed by atoms with Crippen LogP contribution in [-0.4, -0.2) is 35.5 Å². The van der Waals surface area contributed by atoms with Crippen molar-refractivity contribution in [1.82, 2.24) is 20.2 Å². The highest BCUT2D eigenvalue weighted by Crippen LogP contribution is 2.22. The molecule has 4 nitrogen and oxygen atoms in total. The van der Waals surface area contributed by atoms with E-state index in [-0.39, 0.29) is 0 Å². The predicted molar refractivity (Wildman–Crippen MR) is 51.5 cm³/mol. The van der Waals surface area contributed by atoms with Crippen LogP contribution in [0.3, 0.4) is 0 Å². The Morgan fingerprint density at radius 1 is 1.46 bits per heavy atom. The number of hydrogen-bond donors (Lipinski definition) is 2. The molecule has 1 aliphatic heterocycles. The number of aromatic amines is 1. The van der Waals surface area contributed by atoms with Crippen molar-refractivity contribution in [3.05, 3.63) is 17.2 Å². The van der Waals surface area contributed by atoms with Crippen LogP contribution in [0.15, 0.2) is 0 Å². The first-order valence-electron chi connectivity index (χ1n) is 4.61. The number of rotatable bonds is 1. The average molecular weight is 180 g/mol. The Kier molecular flexibility index (Phi) is 2.09. The summed E-state index contributed by atoms with van der Waals surface area (Å²) >= 11 is 0. The molecule has 2 heterocycles. The lowest BCUT2D eigenvalue weighted by atomic mass is 10.1. The van der Waals surface area contributed by atoms with Crippen LogP contribution in [0.5, 0.6) is 0 Å². The van der Waals surface area contributed by atoms with Crippen molar-refractivity contribution < 1.29 is 0 Å². The molecule has 0 radical (unpaired) electrons. The summed E-state index contributed by atoms with van der Waals surface area (Å²) in [6.07, 6.45) is 0. The van der Waals surface area contributed by atoms with Crippen LogP contribution in [0.4, 0.5) is 0 Å². The lowest BCUT2D eigenvalue weighted by molar-refractivity contribution is 0.270. The molecule has 0 spiro atoms. The minimum Gasteiger partial charge on any atom is -0.345 e. The van der Waals surface area contributed by atoms with Crippen LogP contribution in [-0.2, 0) is 6.54 Å². The zero-order valence-corrected chi connectivity index (χ0v) is 8.39. The minimum atomic E-state index is 0.411. The van der Waals surface area contributed by atoms with Crippen LogP contribution < -0.4 is 5.32 Å². The van der Waals surface area contributed by atoms with E-state index in [2.05, 4.69) is 34.3 Å². The third kappa shape index (κ3) is 1.47. The van der Waals surface area contributed by atoms with Crippen molar-refractivity contribution >= 4 is 0 Å². The quantitative estimate of drug-likeness (QED) is 0.658. The van der Waals surface area contributed by atoms with E-state index in [1.807, 2.05) is 6.92 Å². The molecule has 13 heavy (non-hydrogen) atoms. The zero-order valence-electron chi connectivity index (χ0n) is 8.39. The van der Waals surface area contributed by atoms with Gasteiger partial charge in [-0.15, -0.1) is 0 Å². The van der Waals surface area contributed by atoms with Crippen LogP contribution in [0, 0.1) is 6.92 Å². The van der Waals surface area contributed by atoms with E-state index >= 15 is 0 Å². The smallest absolute Gasteiger partial charge is 0.103 e. The molecule has 0 fully saturated rings. The Morgan fingerprint density at radius 3 is 2.92 bits per heavy atom. The molecule has 1 aromatic rings. The van der Waals surface area contributed by atoms with Crippen molar-refractivity contribution in [2.24, 2.45) is 0 Å². The lowest BCUT2D eigenvalue weighted by Gasteiger charge is -2.27. The molecular weight excluding hydrogens is 164 g/mol. The highest BCUT2D eigenvalue weighted by Gasteiger charge is 2.24. The van der Waals surface area contributed by atoms with Crippen molar-refractivity contribution in [2.45, 2.75) is 19.5 Å². The molecule has 1 aliphatic rings. The maximum atomic E-state index is 4.52. The van der Waals surface area contributed by atoms with Gasteiger partial charge < -0.3 is 10.3 Å². The highest BCUT2D eigenvalue weighted by molar-refractivity contribution is 5.21. The number of aryl methyl sites for hydroxylation is 1. The van der Waals surface area contributed by atoms with Crippen LogP contribution in [0.25, 0.3) is 0 Å². The zero-order chi connectivity index (χ0) is 9.42. The first-order chi connectivity index (χ1) is 6.18. The third-order valence-corrected chi connectivity index (χ3v) is 2.51. The van der Waals surface area contributed by atoms with E-state index in [0.29, 0.717) is 6.04 Å². The number of aromatic nitrogens is 2. The van der Waals surface area contributed by atoms with Gasteiger partial charge in [0.1, 0.15) is 5.82 Å². The summed E-state index contributed by atoms with van der Waals surface area (Å²) in [5, 5.41) is 3.37. The Bertz CT molecular complexity index is 303. The Morgan fingerprint density at radius 2 is 2.23 bits per heavy atom. The normalized spacial score (nSPS) is 22.0. The molecule has 4 heteroatoms. The Labute approximate surface area is 78.4 Å². The third-order valence-electron chi connectivity index (χ3n) is 2.51. The summed E-state index contributed by atoms with van der Waals surface area (Å²) < 4.78 is 0. The standard InChI is InChI=1S/C9H16N4/c1-6-11-7-4-10-5-8(13(2)3)9(7)12-6/h8,10H,4-5H2,1-3H3,(H,11,12). The highest BCUT2D eigenvalue weighted by atomic mass is 15.2. The summed E-state index contributed by atoms with van der Waals surface area (Å²) in [5.74, 6) is 1.01. The van der Waals surface area contributed by atoms with Crippen molar-refractivity contribution in [3.63, 3.8) is 0 Å². The monoisotopic (exact) mass is 180 g/mol. The van der Waals surface area contributed by atoms with Crippen molar-refractivity contribution in [3.8, 4) is 0 Å². The molecule has 0 amide bonds. The average Bonchev–Trinajstić information content (AvgIpc) is 2.43.